The Balaban J connectivity index is 1.90. The van der Waals surface area contributed by atoms with Crippen molar-refractivity contribution in [3.05, 3.63) is 53.6 Å². The molecule has 0 saturated carbocycles. The summed E-state index contributed by atoms with van der Waals surface area (Å²) in [5.41, 5.74) is 3.72. The molecule has 0 aliphatic rings. The van der Waals surface area contributed by atoms with E-state index in [1.807, 2.05) is 29.8 Å². The van der Waals surface area contributed by atoms with Crippen LogP contribution in [0.4, 0.5) is 11.6 Å². The molecule has 0 unspecified atom stereocenters. The van der Waals surface area contributed by atoms with Crippen LogP contribution in [0.3, 0.4) is 0 Å². The highest BCUT2D eigenvalue weighted by Gasteiger charge is 2.09. The van der Waals surface area contributed by atoms with Gasteiger partial charge in [0, 0.05) is 30.9 Å². The van der Waals surface area contributed by atoms with E-state index in [1.165, 1.54) is 0 Å². The number of rotatable bonds is 4. The van der Waals surface area contributed by atoms with Crippen LogP contribution in [0.1, 0.15) is 20.7 Å². The van der Waals surface area contributed by atoms with Crippen molar-refractivity contribution in [2.24, 2.45) is 7.05 Å². The van der Waals surface area contributed by atoms with E-state index >= 15 is 0 Å². The molecule has 0 atom stereocenters. The number of amides is 1. The monoisotopic (exact) mass is 308 g/mol. The van der Waals surface area contributed by atoms with Gasteiger partial charge in [0.15, 0.2) is 0 Å². The van der Waals surface area contributed by atoms with Crippen molar-refractivity contribution in [1.29, 1.82) is 0 Å². The molecule has 0 saturated heterocycles. The Kier molecular flexibility index (Phi) is 3.80. The first kappa shape index (κ1) is 14.8. The van der Waals surface area contributed by atoms with Crippen LogP contribution < -0.4 is 10.6 Å². The molecule has 0 spiro atoms. The fourth-order valence-electron chi connectivity index (χ4n) is 2.37. The van der Waals surface area contributed by atoms with E-state index < -0.39 is 0 Å². The van der Waals surface area contributed by atoms with E-state index in [0.717, 1.165) is 23.0 Å². The second-order valence-electron chi connectivity index (χ2n) is 5.14. The van der Waals surface area contributed by atoms with Gasteiger partial charge in [-0.25, -0.2) is 4.98 Å². The summed E-state index contributed by atoms with van der Waals surface area (Å²) in [6.45, 7) is 0. The van der Waals surface area contributed by atoms with Gasteiger partial charge >= 0.3 is 0 Å². The number of aldehydes is 1. The third-order valence-corrected chi connectivity index (χ3v) is 3.67. The van der Waals surface area contributed by atoms with Crippen LogP contribution in [0.2, 0.25) is 0 Å². The minimum atomic E-state index is -0.124. The van der Waals surface area contributed by atoms with Crippen molar-refractivity contribution in [2.45, 2.75) is 0 Å². The van der Waals surface area contributed by atoms with E-state index in [0.29, 0.717) is 17.1 Å². The average molecular weight is 308 g/mol. The van der Waals surface area contributed by atoms with Crippen molar-refractivity contribution in [3.8, 4) is 0 Å². The normalized spacial score (nSPS) is 10.5. The van der Waals surface area contributed by atoms with Crippen molar-refractivity contribution in [1.82, 2.24) is 14.9 Å². The van der Waals surface area contributed by atoms with E-state index in [4.69, 9.17) is 0 Å². The quantitative estimate of drug-likeness (QED) is 0.726. The Hall–Kier alpha value is -3.15. The number of nitrogens with one attached hydrogen (secondary N) is 2. The lowest BCUT2D eigenvalue weighted by molar-refractivity contribution is 0.0962. The number of imidazole rings is 1. The first-order valence-corrected chi connectivity index (χ1v) is 7.13. The number of benzene rings is 2. The third kappa shape index (κ3) is 2.78. The average Bonchev–Trinajstić information content (AvgIpc) is 2.90. The van der Waals surface area contributed by atoms with Gasteiger partial charge < -0.3 is 15.2 Å². The van der Waals surface area contributed by atoms with Crippen LogP contribution in [0, 0.1) is 0 Å². The minimum absolute atomic E-state index is 0.124. The molecule has 1 heterocycles. The maximum absolute atomic E-state index is 11.5. The zero-order valence-electron chi connectivity index (χ0n) is 12.8. The van der Waals surface area contributed by atoms with E-state index in [1.54, 1.807) is 31.3 Å². The van der Waals surface area contributed by atoms with Gasteiger partial charge in [0.05, 0.1) is 11.0 Å². The highest BCUT2D eigenvalue weighted by Crippen LogP contribution is 2.22. The first-order chi connectivity index (χ1) is 11.1. The van der Waals surface area contributed by atoms with Gasteiger partial charge in [-0.3, -0.25) is 9.59 Å². The number of aromatic nitrogens is 2. The van der Waals surface area contributed by atoms with E-state index in [-0.39, 0.29) is 5.91 Å². The maximum atomic E-state index is 11.5. The Morgan fingerprint density at radius 3 is 2.57 bits per heavy atom. The number of carbonyl (C=O) groups excluding carboxylic acids is 2. The highest BCUT2D eigenvalue weighted by molar-refractivity contribution is 5.94. The fourth-order valence-corrected chi connectivity index (χ4v) is 2.37. The van der Waals surface area contributed by atoms with Crippen molar-refractivity contribution in [3.63, 3.8) is 0 Å². The number of hydrogen-bond acceptors (Lipinski definition) is 4. The maximum Gasteiger partial charge on any atom is 0.251 e. The fraction of sp³-hybridized carbons (Fsp3) is 0.118. The topological polar surface area (TPSA) is 76.0 Å². The van der Waals surface area contributed by atoms with E-state index in [9.17, 15) is 9.59 Å². The molecule has 2 aromatic carbocycles. The number of hydrogen-bond donors (Lipinski definition) is 2. The van der Waals surface area contributed by atoms with Crippen LogP contribution >= 0.6 is 0 Å². The van der Waals surface area contributed by atoms with Crippen molar-refractivity contribution < 1.29 is 9.59 Å². The summed E-state index contributed by atoms with van der Waals surface area (Å²) in [6.07, 6.45) is 0.817. The predicted octanol–water partition coefficient (Wildman–Crippen LogP) is 2.49. The molecule has 116 valence electrons. The molecule has 0 bridgehead atoms. The van der Waals surface area contributed by atoms with Gasteiger partial charge in [-0.2, -0.15) is 0 Å². The molecule has 3 rings (SSSR count). The molecule has 0 aliphatic carbocycles. The largest absolute Gasteiger partial charge is 0.355 e. The van der Waals surface area contributed by atoms with Crippen LogP contribution in [0.15, 0.2) is 42.5 Å². The SMILES string of the molecule is CNC(=O)c1ccc(Nc2nc3ccc(C=O)cc3n2C)cc1. The van der Waals surface area contributed by atoms with Crippen molar-refractivity contribution in [2.75, 3.05) is 12.4 Å². The second kappa shape index (κ2) is 5.92. The number of anilines is 2. The zero-order chi connectivity index (χ0) is 16.4. The molecule has 0 fully saturated rings. The molecule has 0 radical (unpaired) electrons. The lowest BCUT2D eigenvalue weighted by Gasteiger charge is -2.07. The highest BCUT2D eigenvalue weighted by atomic mass is 16.1. The number of aryl methyl sites for hydroxylation is 1. The Morgan fingerprint density at radius 2 is 1.91 bits per heavy atom. The molecule has 1 aromatic heterocycles. The minimum Gasteiger partial charge on any atom is -0.355 e. The summed E-state index contributed by atoms with van der Waals surface area (Å²) in [5.74, 6) is 0.538. The smallest absolute Gasteiger partial charge is 0.251 e. The summed E-state index contributed by atoms with van der Waals surface area (Å²) in [4.78, 5) is 26.9. The predicted molar refractivity (Wildman–Crippen MR) is 89.2 cm³/mol. The lowest BCUT2D eigenvalue weighted by atomic mass is 10.2. The summed E-state index contributed by atoms with van der Waals surface area (Å²) < 4.78 is 1.88. The Bertz CT molecular complexity index is 881. The standard InChI is InChI=1S/C17H16N4O2/c1-18-16(23)12-4-6-13(7-5-12)19-17-20-14-8-3-11(10-22)9-15(14)21(17)2/h3-10H,1-2H3,(H,18,23)(H,19,20). The molecule has 6 heteroatoms. The second-order valence-corrected chi connectivity index (χ2v) is 5.14. The third-order valence-electron chi connectivity index (χ3n) is 3.67. The number of carbonyl (C=O) groups is 2. The van der Waals surface area contributed by atoms with Crippen LogP contribution in [0.25, 0.3) is 11.0 Å². The molecule has 1 amide bonds. The number of nitrogens with zero attached hydrogens (tertiary/aromatic N) is 2. The van der Waals surface area contributed by atoms with Gasteiger partial charge in [-0.15, -0.1) is 0 Å². The molecule has 0 aliphatic heterocycles. The summed E-state index contributed by atoms with van der Waals surface area (Å²) in [5, 5.41) is 5.80. The Labute approximate surface area is 133 Å². The lowest BCUT2D eigenvalue weighted by Crippen LogP contribution is -2.17. The molecular formula is C17H16N4O2. The van der Waals surface area contributed by atoms with E-state index in [2.05, 4.69) is 15.6 Å². The van der Waals surface area contributed by atoms with Crippen LogP contribution in [-0.2, 0) is 7.05 Å². The first-order valence-electron chi connectivity index (χ1n) is 7.13. The zero-order valence-corrected chi connectivity index (χ0v) is 12.8. The van der Waals surface area contributed by atoms with Crippen molar-refractivity contribution >= 4 is 34.9 Å². The summed E-state index contributed by atoms with van der Waals surface area (Å²) in [7, 11) is 3.48. The molecule has 6 nitrogen and oxygen atoms in total. The van der Waals surface area contributed by atoms with Gasteiger partial charge in [0.25, 0.3) is 5.91 Å². The number of fused-ring (bicyclic) bond motifs is 1. The van der Waals surface area contributed by atoms with Crippen LogP contribution in [-0.4, -0.2) is 28.8 Å². The van der Waals surface area contributed by atoms with Gasteiger partial charge in [0.2, 0.25) is 5.95 Å². The summed E-state index contributed by atoms with van der Waals surface area (Å²) in [6, 6.07) is 12.5. The molecular weight excluding hydrogens is 292 g/mol. The van der Waals surface area contributed by atoms with Gasteiger partial charge in [-0.1, -0.05) is 0 Å². The molecule has 3 aromatic rings. The van der Waals surface area contributed by atoms with Crippen LogP contribution in [0.5, 0.6) is 0 Å². The molecule has 23 heavy (non-hydrogen) atoms. The summed E-state index contributed by atoms with van der Waals surface area (Å²) >= 11 is 0. The molecule has 2 N–H and O–H groups in total. The van der Waals surface area contributed by atoms with Gasteiger partial charge in [-0.05, 0) is 42.5 Å². The Morgan fingerprint density at radius 1 is 1.17 bits per heavy atom. The van der Waals surface area contributed by atoms with Gasteiger partial charge in [0.1, 0.15) is 6.29 Å².